The lowest BCUT2D eigenvalue weighted by Gasteiger charge is -2.12. The first-order chi connectivity index (χ1) is 13.1. The summed E-state index contributed by atoms with van der Waals surface area (Å²) in [4.78, 5) is 12.9. The summed E-state index contributed by atoms with van der Waals surface area (Å²) in [5.74, 6) is -0.544. The largest absolute Gasteiger partial charge is 0.573 e. The Morgan fingerprint density at radius 2 is 1.61 bits per heavy atom. The molecule has 0 radical (unpaired) electrons. The van der Waals surface area contributed by atoms with Crippen molar-refractivity contribution in [2.45, 2.75) is 27.1 Å². The predicted octanol–water partition coefficient (Wildman–Crippen LogP) is 4.91. The Balaban J connectivity index is 2.08. The Labute approximate surface area is 156 Å². The molecule has 0 aliphatic rings. The van der Waals surface area contributed by atoms with Gasteiger partial charge in [-0.1, -0.05) is 0 Å². The second-order valence-electron chi connectivity index (χ2n) is 6.37. The van der Waals surface area contributed by atoms with Gasteiger partial charge in [-0.05, 0) is 45.0 Å². The molecule has 9 heteroatoms. The van der Waals surface area contributed by atoms with Gasteiger partial charge in [0.15, 0.2) is 0 Å². The van der Waals surface area contributed by atoms with Crippen LogP contribution < -0.4 is 4.74 Å². The van der Waals surface area contributed by atoms with Crippen molar-refractivity contribution in [2.24, 2.45) is 0 Å². The summed E-state index contributed by atoms with van der Waals surface area (Å²) in [6.07, 6.45) is -4.81. The number of fused-ring (bicyclic) bond motifs is 3. The van der Waals surface area contributed by atoms with E-state index in [4.69, 9.17) is 0 Å². The van der Waals surface area contributed by atoms with Crippen molar-refractivity contribution in [3.05, 3.63) is 53.4 Å². The molecule has 0 N–H and O–H groups in total. The zero-order valence-corrected chi connectivity index (χ0v) is 15.1. The van der Waals surface area contributed by atoms with Crippen LogP contribution in [-0.2, 0) is 0 Å². The normalized spacial score (nSPS) is 12.1. The Kier molecular flexibility index (Phi) is 3.99. The quantitative estimate of drug-likeness (QED) is 0.361. The summed E-state index contributed by atoms with van der Waals surface area (Å²) < 4.78 is 57.2. The third kappa shape index (κ3) is 3.02. The molecule has 0 saturated carbocycles. The minimum Gasteiger partial charge on any atom is -0.406 e. The van der Waals surface area contributed by atoms with E-state index in [9.17, 15) is 17.6 Å². The zero-order chi connectivity index (χ0) is 20.2. The number of hydrogen-bond acceptors (Lipinski definition) is 4. The number of hydrogen-bond donors (Lipinski definition) is 0. The van der Waals surface area contributed by atoms with Gasteiger partial charge in [-0.3, -0.25) is 4.40 Å². The molecule has 3 aromatic heterocycles. The molecule has 0 bridgehead atoms. The van der Waals surface area contributed by atoms with E-state index in [1.165, 1.54) is 24.3 Å². The van der Waals surface area contributed by atoms with Gasteiger partial charge in [-0.15, -0.1) is 13.2 Å². The number of benzene rings is 1. The van der Waals surface area contributed by atoms with Crippen LogP contribution in [0, 0.1) is 26.7 Å². The van der Waals surface area contributed by atoms with Gasteiger partial charge in [-0.25, -0.2) is 15.0 Å². The molecule has 0 aliphatic carbocycles. The first kappa shape index (κ1) is 18.1. The Hall–Kier alpha value is -3.23. The number of imidazole rings is 1. The van der Waals surface area contributed by atoms with Crippen molar-refractivity contribution >= 4 is 16.6 Å². The average molecular weight is 390 g/mol. The monoisotopic (exact) mass is 390 g/mol. The lowest BCUT2D eigenvalue weighted by Crippen LogP contribution is -2.17. The number of alkyl halides is 3. The SMILES string of the molecule is Cc1nc(F)ccc1-c1nc(C)c2c(C)nc3ccc(OC(F)(F)F)cc3n12. The van der Waals surface area contributed by atoms with Gasteiger partial charge in [-0.2, -0.15) is 4.39 Å². The fraction of sp³-hybridized carbons (Fsp3) is 0.211. The van der Waals surface area contributed by atoms with Crippen molar-refractivity contribution in [3.8, 4) is 17.1 Å². The highest BCUT2D eigenvalue weighted by molar-refractivity contribution is 5.85. The molecule has 4 rings (SSSR count). The summed E-state index contributed by atoms with van der Waals surface area (Å²) in [6, 6.07) is 6.69. The summed E-state index contributed by atoms with van der Waals surface area (Å²) in [7, 11) is 0. The molecule has 0 aliphatic heterocycles. The fourth-order valence-corrected chi connectivity index (χ4v) is 3.34. The van der Waals surface area contributed by atoms with Crippen LogP contribution in [0.15, 0.2) is 30.3 Å². The predicted molar refractivity (Wildman–Crippen MR) is 94.6 cm³/mol. The van der Waals surface area contributed by atoms with Crippen molar-refractivity contribution in [1.29, 1.82) is 0 Å². The average Bonchev–Trinajstić information content (AvgIpc) is 2.92. The number of ether oxygens (including phenoxy) is 1. The van der Waals surface area contributed by atoms with E-state index in [1.807, 2.05) is 0 Å². The molecule has 144 valence electrons. The summed E-state index contributed by atoms with van der Waals surface area (Å²) in [5, 5.41) is 0. The minimum absolute atomic E-state index is 0.363. The highest BCUT2D eigenvalue weighted by atomic mass is 19.4. The second kappa shape index (κ2) is 6.15. The summed E-state index contributed by atoms with van der Waals surface area (Å²) in [6.45, 7) is 5.22. The van der Waals surface area contributed by atoms with Gasteiger partial charge in [0.05, 0.1) is 33.6 Å². The van der Waals surface area contributed by atoms with Gasteiger partial charge in [0.1, 0.15) is 11.6 Å². The van der Waals surface area contributed by atoms with Crippen molar-refractivity contribution < 1.29 is 22.3 Å². The van der Waals surface area contributed by atoms with Crippen molar-refractivity contribution in [3.63, 3.8) is 0 Å². The molecule has 0 saturated heterocycles. The standard InChI is InChI=1S/C19H14F4N4O/c1-9-13(5-7-16(20)25-9)18-26-11(3)17-10(2)24-14-6-4-12(28-19(21,22)23)8-15(14)27(17)18/h4-8H,1-3H3. The van der Waals surface area contributed by atoms with Gasteiger partial charge >= 0.3 is 6.36 Å². The number of aryl methyl sites for hydroxylation is 3. The van der Waals surface area contributed by atoms with Crippen LogP contribution in [0.4, 0.5) is 17.6 Å². The van der Waals surface area contributed by atoms with Crippen LogP contribution in [0.5, 0.6) is 5.75 Å². The molecule has 0 atom stereocenters. The van der Waals surface area contributed by atoms with E-state index in [0.29, 0.717) is 45.0 Å². The van der Waals surface area contributed by atoms with E-state index < -0.39 is 12.3 Å². The molecular formula is C19H14F4N4O. The molecule has 28 heavy (non-hydrogen) atoms. The minimum atomic E-state index is -4.81. The summed E-state index contributed by atoms with van der Waals surface area (Å²) >= 11 is 0. The second-order valence-corrected chi connectivity index (χ2v) is 6.37. The molecule has 5 nitrogen and oxygen atoms in total. The van der Waals surface area contributed by atoms with Crippen molar-refractivity contribution in [1.82, 2.24) is 19.4 Å². The van der Waals surface area contributed by atoms with E-state index in [1.54, 1.807) is 31.2 Å². The lowest BCUT2D eigenvalue weighted by molar-refractivity contribution is -0.274. The van der Waals surface area contributed by atoms with Crippen LogP contribution in [0.25, 0.3) is 27.9 Å². The third-order valence-electron chi connectivity index (χ3n) is 4.40. The molecule has 1 aromatic carbocycles. The van der Waals surface area contributed by atoms with Crippen LogP contribution in [0.3, 0.4) is 0 Å². The first-order valence-corrected chi connectivity index (χ1v) is 8.33. The number of aromatic nitrogens is 4. The Morgan fingerprint density at radius 1 is 0.893 bits per heavy atom. The van der Waals surface area contributed by atoms with Crippen LogP contribution in [0.2, 0.25) is 0 Å². The van der Waals surface area contributed by atoms with Gasteiger partial charge < -0.3 is 4.74 Å². The van der Waals surface area contributed by atoms with Gasteiger partial charge in [0, 0.05) is 11.6 Å². The third-order valence-corrected chi connectivity index (χ3v) is 4.40. The topological polar surface area (TPSA) is 52.3 Å². The number of halogens is 4. The van der Waals surface area contributed by atoms with Gasteiger partial charge in [0.2, 0.25) is 5.95 Å². The maximum Gasteiger partial charge on any atom is 0.573 e. The van der Waals surface area contributed by atoms with Crippen molar-refractivity contribution in [2.75, 3.05) is 0 Å². The fourth-order valence-electron chi connectivity index (χ4n) is 3.34. The molecule has 0 fully saturated rings. The maximum atomic E-state index is 13.4. The molecule has 0 spiro atoms. The van der Waals surface area contributed by atoms with E-state index >= 15 is 0 Å². The summed E-state index contributed by atoms with van der Waals surface area (Å²) in [5.41, 5.74) is 3.83. The molecule has 4 aromatic rings. The first-order valence-electron chi connectivity index (χ1n) is 8.33. The zero-order valence-electron chi connectivity index (χ0n) is 15.1. The molecule has 0 amide bonds. The molecule has 0 unspecified atom stereocenters. The maximum absolute atomic E-state index is 13.4. The number of nitrogens with zero attached hydrogens (tertiary/aromatic N) is 4. The van der Waals surface area contributed by atoms with E-state index in [2.05, 4.69) is 19.7 Å². The highest BCUT2D eigenvalue weighted by Gasteiger charge is 2.31. The number of rotatable bonds is 2. The van der Waals surface area contributed by atoms with Crippen LogP contribution >= 0.6 is 0 Å². The lowest BCUT2D eigenvalue weighted by atomic mass is 10.2. The van der Waals surface area contributed by atoms with E-state index in [-0.39, 0.29) is 5.75 Å². The smallest absolute Gasteiger partial charge is 0.406 e. The highest BCUT2D eigenvalue weighted by Crippen LogP contribution is 2.32. The molecule has 3 heterocycles. The van der Waals surface area contributed by atoms with Crippen LogP contribution in [-0.4, -0.2) is 25.7 Å². The molecular weight excluding hydrogens is 376 g/mol. The Bertz CT molecular complexity index is 1230. The van der Waals surface area contributed by atoms with Crippen LogP contribution in [0.1, 0.15) is 17.1 Å². The van der Waals surface area contributed by atoms with Gasteiger partial charge in [0.25, 0.3) is 0 Å². The Morgan fingerprint density at radius 3 is 2.29 bits per heavy atom. The number of pyridine rings is 1. The van der Waals surface area contributed by atoms with E-state index in [0.717, 1.165) is 0 Å².